The van der Waals surface area contributed by atoms with Crippen LogP contribution in [0.5, 0.6) is 0 Å². The van der Waals surface area contributed by atoms with Gasteiger partial charge >= 0.3 is 21.3 Å². The van der Waals surface area contributed by atoms with Crippen LogP contribution in [0.15, 0.2) is 0 Å². The second-order valence-electron chi connectivity index (χ2n) is 3.09. The molecule has 19 heavy (non-hydrogen) atoms. The molecule has 0 saturated carbocycles. The normalized spacial score (nSPS) is 16.0. The first-order valence-electron chi connectivity index (χ1n) is 3.77. The predicted octanol–water partition coefficient (Wildman–Crippen LogP) is 2.22. The van der Waals surface area contributed by atoms with Crippen LogP contribution in [0.1, 0.15) is 13.8 Å². The van der Waals surface area contributed by atoms with Crippen molar-refractivity contribution >= 4 is 10.1 Å². The molecule has 2 N–H and O–H groups in total. The zero-order chi connectivity index (χ0) is 15.6. The average molecular weight is 576 g/mol. The van der Waals surface area contributed by atoms with Gasteiger partial charge in [0, 0.05) is 13.8 Å². The van der Waals surface area contributed by atoms with E-state index < -0.39 is 33.6 Å². The van der Waals surface area contributed by atoms with Gasteiger partial charge in [0.05, 0.1) is 6.43 Å². The van der Waals surface area contributed by atoms with Crippen molar-refractivity contribution in [2.75, 3.05) is 0 Å². The molecule has 0 heterocycles. The molecular formula is C6H8F7O4RfS-. The fourth-order valence-electron chi connectivity index (χ4n) is 0.0975. The van der Waals surface area contributed by atoms with E-state index in [0.29, 0.717) is 13.8 Å². The minimum Gasteiger partial charge on any atom is -0.414 e. The van der Waals surface area contributed by atoms with Gasteiger partial charge in [-0.2, -0.15) is 8.42 Å². The Morgan fingerprint density at radius 2 is 1.21 bits per heavy atom. The van der Waals surface area contributed by atoms with Gasteiger partial charge in [-0.1, -0.05) is 0 Å². The number of alkyl halides is 5. The molecule has 0 spiro atoms. The molecule has 0 saturated heterocycles. The van der Waals surface area contributed by atoms with Crippen molar-refractivity contribution in [1.29, 1.82) is 0 Å². The van der Waals surface area contributed by atoms with Crippen LogP contribution in [0.25, 0.3) is 0 Å². The molecule has 1 atom stereocenters. The molecule has 0 bridgehead atoms. The van der Waals surface area contributed by atoms with Gasteiger partial charge in [0.2, 0.25) is 0 Å². The van der Waals surface area contributed by atoms with Crippen LogP contribution in [0.2, 0.25) is 0 Å². The molecule has 0 rings (SSSR count). The molecule has 13 heteroatoms. The van der Waals surface area contributed by atoms with Gasteiger partial charge in [0.15, 0.2) is 0 Å². The molecule has 0 aliphatic rings. The van der Waals surface area contributed by atoms with E-state index in [1.54, 1.807) is 0 Å². The standard InChI is InChI=1S/C4H7F3O.C2HF4O3S.Rf/c1-3(5,6)4(2,7)8;3-1(4)2(5,6)10(7,8)9;/h8H,1-2H3;(H,7,8,9);/q;-1;. The third-order valence-electron chi connectivity index (χ3n) is 1.35. The number of aliphatic hydroxyl groups is 1. The maximum atomic E-state index is 11.7. The SMILES string of the molecule is CC(O)(F)C(C)(F)F.O=S(=O)(O)C(F)(F)[C-](F)F.[Rf]. The van der Waals surface area contributed by atoms with Gasteiger partial charge in [-0.25, -0.2) is 22.0 Å². The van der Waals surface area contributed by atoms with E-state index >= 15 is 0 Å². The zero-order valence-corrected chi connectivity index (χ0v) is 16.7. The van der Waals surface area contributed by atoms with Crippen LogP contribution < -0.4 is 0 Å². The summed E-state index contributed by atoms with van der Waals surface area (Å²) in [5.74, 6) is -7.07. The summed E-state index contributed by atoms with van der Waals surface area (Å²) >= 11 is 0. The Kier molecular flexibility index (Phi) is 7.14. The summed E-state index contributed by atoms with van der Waals surface area (Å²) in [5, 5.41) is 2.49. The van der Waals surface area contributed by atoms with Crippen molar-refractivity contribution in [2.45, 2.75) is 30.9 Å². The van der Waals surface area contributed by atoms with Crippen molar-refractivity contribution in [1.82, 2.24) is 0 Å². The Hall–Kier alpha value is -1.62. The van der Waals surface area contributed by atoms with Crippen molar-refractivity contribution in [3.8, 4) is 0 Å². The van der Waals surface area contributed by atoms with E-state index in [0.717, 1.165) is 0 Å². The first kappa shape index (κ1) is 22.6. The molecule has 0 fully saturated rings. The fourth-order valence-corrected chi connectivity index (χ4v) is 0.292. The molecule has 0 aromatic carbocycles. The largest absolute Gasteiger partial charge is 0.414 e. The van der Waals surface area contributed by atoms with Crippen LogP contribution in [-0.4, -0.2) is 35.1 Å². The first-order chi connectivity index (χ1) is 7.44. The van der Waals surface area contributed by atoms with E-state index in [1.807, 2.05) is 0 Å². The summed E-state index contributed by atoms with van der Waals surface area (Å²) in [6, 6.07) is 0. The van der Waals surface area contributed by atoms with Crippen molar-refractivity contribution < 1.29 is 48.8 Å². The minimum absolute atomic E-state index is 0. The van der Waals surface area contributed by atoms with Crippen LogP contribution in [0.4, 0.5) is 30.7 Å². The van der Waals surface area contributed by atoms with Gasteiger partial charge in [0.25, 0.3) is 5.85 Å². The second-order valence-corrected chi connectivity index (χ2v) is 4.56. The summed E-state index contributed by atoms with van der Waals surface area (Å²) in [6.45, 7) is 0.722. The summed E-state index contributed by atoms with van der Waals surface area (Å²) in [7, 11) is -6.02. The Morgan fingerprint density at radius 3 is 1.21 bits per heavy atom. The molecule has 0 radical (unpaired) electrons. The van der Waals surface area contributed by atoms with Crippen LogP contribution >= 0.6 is 0 Å². The molecule has 4 nitrogen and oxygen atoms in total. The number of hydrogen-bond donors (Lipinski definition) is 2. The molecule has 114 valence electrons. The molecule has 0 aromatic rings. The predicted molar refractivity (Wildman–Crippen MR) is 44.3 cm³/mol. The van der Waals surface area contributed by atoms with Crippen LogP contribution in [0, 0.1) is 6.43 Å². The van der Waals surface area contributed by atoms with E-state index in [4.69, 9.17) is 9.66 Å². The quantitative estimate of drug-likeness (QED) is 0.307. The number of hydrogen-bond acceptors (Lipinski definition) is 3. The third-order valence-corrected chi connectivity index (χ3v) is 2.15. The summed E-state index contributed by atoms with van der Waals surface area (Å²) in [4.78, 5) is 0. The Labute approximate surface area is 97.2 Å². The Bertz CT molecular complexity index is 347. The Balaban J connectivity index is -0.000000262. The van der Waals surface area contributed by atoms with E-state index in [1.165, 1.54) is 0 Å². The third kappa shape index (κ3) is 6.76. The summed E-state index contributed by atoms with van der Waals surface area (Å²) in [6.07, 6.45) is -3.66. The smallest absolute Gasteiger partial charge is 0.312 e. The maximum absolute atomic E-state index is 11.7. The van der Waals surface area contributed by atoms with Gasteiger partial charge < -0.3 is 13.9 Å². The molecule has 1 unspecified atom stereocenters. The zero-order valence-electron chi connectivity index (χ0n) is 9.47. The van der Waals surface area contributed by atoms with E-state index in [-0.39, 0.29) is 0 Å². The maximum Gasteiger partial charge on any atom is 0.312 e. The van der Waals surface area contributed by atoms with Gasteiger partial charge in [-0.3, -0.25) is 4.55 Å². The molecule has 0 aliphatic heterocycles. The topological polar surface area (TPSA) is 74.6 Å². The molecule has 0 aromatic heterocycles. The van der Waals surface area contributed by atoms with E-state index in [9.17, 15) is 39.2 Å². The number of halogens is 7. The van der Waals surface area contributed by atoms with Crippen molar-refractivity contribution in [3.05, 3.63) is 6.43 Å². The summed E-state index contributed by atoms with van der Waals surface area (Å²) < 4.78 is 106. The van der Waals surface area contributed by atoms with Gasteiger partial charge in [0.1, 0.15) is 0 Å². The van der Waals surface area contributed by atoms with Crippen molar-refractivity contribution in [2.24, 2.45) is 0 Å². The summed E-state index contributed by atoms with van der Waals surface area (Å²) in [5.41, 5.74) is 0. The van der Waals surface area contributed by atoms with Crippen molar-refractivity contribution in [3.63, 3.8) is 0 Å². The first-order valence-corrected chi connectivity index (χ1v) is 5.21. The monoisotopic (exact) mass is 576 g/mol. The molecule has 0 amide bonds. The number of rotatable bonds is 3. The molecular weight excluding hydrogens is 568 g/mol. The Morgan fingerprint density at radius 1 is 1.00 bits per heavy atom. The minimum atomic E-state index is -6.02. The van der Waals surface area contributed by atoms with Crippen LogP contribution in [0.3, 0.4) is 0 Å². The average Bonchev–Trinajstić information content (AvgIpc) is 1.98. The second kappa shape index (κ2) is 6.02. The van der Waals surface area contributed by atoms with Crippen LogP contribution in [-0.2, 0) is 10.1 Å². The van der Waals surface area contributed by atoms with Gasteiger partial charge in [-0.05, 0) is 0 Å². The molecule has 0 aliphatic carbocycles. The van der Waals surface area contributed by atoms with Gasteiger partial charge in [-0.15, -0.1) is 0 Å². The van der Waals surface area contributed by atoms with E-state index in [2.05, 4.69) is 0 Å². The fraction of sp³-hybridized carbons (Fsp3) is 0.833.